The minimum absolute atomic E-state index is 0.0276. The van der Waals surface area contributed by atoms with E-state index in [-0.39, 0.29) is 5.91 Å². The van der Waals surface area contributed by atoms with E-state index in [2.05, 4.69) is 27.9 Å². The zero-order valence-electron chi connectivity index (χ0n) is 8.09. The second-order valence-corrected chi connectivity index (χ2v) is 5.35. The summed E-state index contributed by atoms with van der Waals surface area (Å²) in [5, 5.41) is 3.54. The van der Waals surface area contributed by atoms with Crippen LogP contribution in [0.2, 0.25) is 5.02 Å². The van der Waals surface area contributed by atoms with E-state index in [0.29, 0.717) is 16.5 Å². The molecule has 0 aliphatic heterocycles. The van der Waals surface area contributed by atoms with E-state index >= 15 is 0 Å². The first-order valence-electron chi connectivity index (χ1n) is 4.90. The third-order valence-corrected chi connectivity index (χ3v) is 4.00. The smallest absolute Gasteiger partial charge is 0.251 e. The van der Waals surface area contributed by atoms with E-state index < -0.39 is 0 Å². The van der Waals surface area contributed by atoms with Crippen molar-refractivity contribution in [1.82, 2.24) is 5.32 Å². The molecule has 1 amide bonds. The van der Waals surface area contributed by atoms with E-state index in [4.69, 9.17) is 11.6 Å². The zero-order chi connectivity index (χ0) is 10.8. The first-order chi connectivity index (χ1) is 7.16. The highest BCUT2D eigenvalue weighted by molar-refractivity contribution is 14.1. The molecule has 4 heteroatoms. The fourth-order valence-electron chi connectivity index (χ4n) is 1.30. The number of nitrogens with one attached hydrogen (secondary N) is 1. The monoisotopic (exact) mass is 335 g/mol. The van der Waals surface area contributed by atoms with Crippen LogP contribution in [0.25, 0.3) is 0 Å². The molecule has 1 fully saturated rings. The molecule has 80 valence electrons. The largest absolute Gasteiger partial charge is 0.352 e. The first-order valence-corrected chi connectivity index (χ1v) is 6.36. The standard InChI is InChI=1S/C11H11ClINO/c12-9-5-8(3-4-10(9)13)11(15)14-6-7-1-2-7/h3-5,7H,1-2,6H2,(H,14,15). The van der Waals surface area contributed by atoms with Gasteiger partial charge in [0.2, 0.25) is 0 Å². The van der Waals surface area contributed by atoms with Crippen molar-refractivity contribution in [2.45, 2.75) is 12.8 Å². The number of rotatable bonds is 3. The summed E-state index contributed by atoms with van der Waals surface area (Å²) < 4.78 is 0.966. The molecule has 0 aromatic heterocycles. The Hall–Kier alpha value is -0.290. The van der Waals surface area contributed by atoms with Crippen molar-refractivity contribution in [1.29, 1.82) is 0 Å². The fourth-order valence-corrected chi connectivity index (χ4v) is 1.81. The third kappa shape index (κ3) is 3.08. The summed E-state index contributed by atoms with van der Waals surface area (Å²) in [4.78, 5) is 11.7. The van der Waals surface area contributed by atoms with Gasteiger partial charge < -0.3 is 5.32 Å². The summed E-state index contributed by atoms with van der Waals surface area (Å²) >= 11 is 8.09. The lowest BCUT2D eigenvalue weighted by molar-refractivity contribution is 0.0952. The van der Waals surface area contributed by atoms with Crippen LogP contribution in [-0.2, 0) is 0 Å². The number of carbonyl (C=O) groups excluding carboxylic acids is 1. The van der Waals surface area contributed by atoms with Gasteiger partial charge in [-0.25, -0.2) is 0 Å². The van der Waals surface area contributed by atoms with Gasteiger partial charge in [-0.3, -0.25) is 4.79 Å². The summed E-state index contributed by atoms with van der Waals surface area (Å²) in [6.45, 7) is 0.794. The van der Waals surface area contributed by atoms with Crippen molar-refractivity contribution < 1.29 is 4.79 Å². The van der Waals surface area contributed by atoms with Gasteiger partial charge in [-0.05, 0) is 59.5 Å². The highest BCUT2D eigenvalue weighted by atomic mass is 127. The van der Waals surface area contributed by atoms with E-state index in [1.807, 2.05) is 6.07 Å². The zero-order valence-corrected chi connectivity index (χ0v) is 11.0. The minimum atomic E-state index is -0.0276. The summed E-state index contributed by atoms with van der Waals surface area (Å²) in [7, 11) is 0. The normalized spacial score (nSPS) is 15.1. The predicted octanol–water partition coefficient (Wildman–Crippen LogP) is 3.08. The maximum atomic E-state index is 11.7. The van der Waals surface area contributed by atoms with Gasteiger partial charge in [-0.15, -0.1) is 0 Å². The fraction of sp³-hybridized carbons (Fsp3) is 0.364. The van der Waals surface area contributed by atoms with Crippen LogP contribution in [-0.4, -0.2) is 12.5 Å². The van der Waals surface area contributed by atoms with Gasteiger partial charge >= 0.3 is 0 Å². The van der Waals surface area contributed by atoms with Crippen LogP contribution in [0.3, 0.4) is 0 Å². The van der Waals surface area contributed by atoms with E-state index in [9.17, 15) is 4.79 Å². The molecule has 0 spiro atoms. The molecule has 2 nitrogen and oxygen atoms in total. The molecule has 0 atom stereocenters. The SMILES string of the molecule is O=C(NCC1CC1)c1ccc(I)c(Cl)c1. The van der Waals surface area contributed by atoms with Crippen molar-refractivity contribution in [2.75, 3.05) is 6.54 Å². The maximum Gasteiger partial charge on any atom is 0.251 e. The molecule has 0 unspecified atom stereocenters. The Bertz CT molecular complexity index is 390. The third-order valence-electron chi connectivity index (χ3n) is 2.43. The second-order valence-electron chi connectivity index (χ2n) is 3.78. The number of amides is 1. The molecule has 0 saturated heterocycles. The average Bonchev–Trinajstić information content (AvgIpc) is 3.02. The van der Waals surface area contributed by atoms with Gasteiger partial charge in [-0.2, -0.15) is 0 Å². The Labute approximate surface area is 108 Å². The molecule has 1 N–H and O–H groups in total. The average molecular weight is 336 g/mol. The lowest BCUT2D eigenvalue weighted by Crippen LogP contribution is -2.25. The Morgan fingerprint density at radius 2 is 2.27 bits per heavy atom. The topological polar surface area (TPSA) is 29.1 Å². The molecule has 1 aliphatic carbocycles. The lowest BCUT2D eigenvalue weighted by atomic mass is 10.2. The molecule has 2 rings (SSSR count). The Kier molecular flexibility index (Phi) is 3.51. The summed E-state index contributed by atoms with van der Waals surface area (Å²) in [5.74, 6) is 0.675. The van der Waals surface area contributed by atoms with E-state index in [1.165, 1.54) is 12.8 Å². The van der Waals surface area contributed by atoms with Gasteiger partial charge in [0.1, 0.15) is 0 Å². The molecule has 1 aromatic carbocycles. The van der Waals surface area contributed by atoms with Crippen LogP contribution < -0.4 is 5.32 Å². The Morgan fingerprint density at radius 3 is 2.87 bits per heavy atom. The van der Waals surface area contributed by atoms with Crippen molar-refractivity contribution in [2.24, 2.45) is 5.92 Å². The highest BCUT2D eigenvalue weighted by Gasteiger charge is 2.21. The quantitative estimate of drug-likeness (QED) is 0.845. The van der Waals surface area contributed by atoms with Crippen LogP contribution in [0.1, 0.15) is 23.2 Å². The van der Waals surface area contributed by atoms with Gasteiger partial charge in [-0.1, -0.05) is 11.6 Å². The first kappa shape index (κ1) is 11.2. The molecule has 1 saturated carbocycles. The van der Waals surface area contributed by atoms with Crippen LogP contribution in [0.5, 0.6) is 0 Å². The summed E-state index contributed by atoms with van der Waals surface area (Å²) in [5.41, 5.74) is 0.640. The molecule has 15 heavy (non-hydrogen) atoms. The van der Waals surface area contributed by atoms with Gasteiger partial charge in [0, 0.05) is 15.7 Å². The van der Waals surface area contributed by atoms with Crippen molar-refractivity contribution in [3.8, 4) is 0 Å². The van der Waals surface area contributed by atoms with Gasteiger partial charge in [0.05, 0.1) is 5.02 Å². The molecule has 0 radical (unpaired) electrons. The summed E-state index contributed by atoms with van der Waals surface area (Å²) in [6.07, 6.45) is 2.49. The van der Waals surface area contributed by atoms with Crippen LogP contribution in [0.4, 0.5) is 0 Å². The van der Waals surface area contributed by atoms with Gasteiger partial charge in [0.15, 0.2) is 0 Å². The number of benzene rings is 1. The molecular formula is C11H11ClINO. The summed E-state index contributed by atoms with van der Waals surface area (Å²) in [6, 6.07) is 5.37. The van der Waals surface area contributed by atoms with Crippen molar-refractivity contribution in [3.63, 3.8) is 0 Å². The molecule has 1 aliphatic rings. The maximum absolute atomic E-state index is 11.7. The van der Waals surface area contributed by atoms with Gasteiger partial charge in [0.25, 0.3) is 5.91 Å². The van der Waals surface area contributed by atoms with E-state index in [1.54, 1.807) is 12.1 Å². The molecular weight excluding hydrogens is 324 g/mol. The highest BCUT2D eigenvalue weighted by Crippen LogP contribution is 2.27. The second kappa shape index (κ2) is 4.70. The van der Waals surface area contributed by atoms with Crippen LogP contribution >= 0.6 is 34.2 Å². The molecule has 1 aromatic rings. The number of carbonyl (C=O) groups is 1. The lowest BCUT2D eigenvalue weighted by Gasteiger charge is -2.04. The number of hydrogen-bond donors (Lipinski definition) is 1. The molecule has 0 heterocycles. The number of halogens is 2. The van der Waals surface area contributed by atoms with Crippen LogP contribution in [0.15, 0.2) is 18.2 Å². The van der Waals surface area contributed by atoms with Crippen molar-refractivity contribution >= 4 is 40.1 Å². The van der Waals surface area contributed by atoms with Crippen LogP contribution in [0, 0.1) is 9.49 Å². The predicted molar refractivity (Wildman–Crippen MR) is 69.2 cm³/mol. The van der Waals surface area contributed by atoms with E-state index in [0.717, 1.165) is 10.1 Å². The Balaban J connectivity index is 2.00. The van der Waals surface area contributed by atoms with Crippen molar-refractivity contribution in [3.05, 3.63) is 32.4 Å². The minimum Gasteiger partial charge on any atom is -0.352 e. The number of hydrogen-bond acceptors (Lipinski definition) is 1. The Morgan fingerprint density at radius 1 is 1.53 bits per heavy atom. The molecule has 0 bridgehead atoms.